The van der Waals surface area contributed by atoms with E-state index in [-0.39, 0.29) is 10.6 Å². The van der Waals surface area contributed by atoms with Crippen LogP contribution in [0.5, 0.6) is 5.75 Å². The molecule has 0 aliphatic rings. The third kappa shape index (κ3) is 5.62. The highest BCUT2D eigenvalue weighted by Crippen LogP contribution is 2.16. The van der Waals surface area contributed by atoms with Gasteiger partial charge in [-0.05, 0) is 66.4 Å². The lowest BCUT2D eigenvalue weighted by atomic mass is 10.1. The molecular formula is C21H20FNO3S. The van der Waals surface area contributed by atoms with Crippen LogP contribution in [0.25, 0.3) is 0 Å². The number of rotatable bonds is 8. The smallest absolute Gasteiger partial charge is 0.178 e. The quantitative estimate of drug-likeness (QED) is 0.434. The normalized spacial score (nSPS) is 11.3. The van der Waals surface area contributed by atoms with E-state index in [1.165, 1.54) is 12.1 Å². The summed E-state index contributed by atoms with van der Waals surface area (Å²) in [6.45, 7) is 0.294. The molecule has 0 unspecified atom stereocenters. The minimum atomic E-state index is -3.43. The van der Waals surface area contributed by atoms with Gasteiger partial charge in [0.15, 0.2) is 9.84 Å². The van der Waals surface area contributed by atoms with Crippen LogP contribution >= 0.6 is 0 Å². The van der Waals surface area contributed by atoms with Crippen molar-refractivity contribution < 1.29 is 17.5 Å². The Morgan fingerprint density at radius 1 is 0.926 bits per heavy atom. The highest BCUT2D eigenvalue weighted by molar-refractivity contribution is 7.91. The Kier molecular flexibility index (Phi) is 6.19. The van der Waals surface area contributed by atoms with Crippen molar-refractivity contribution in [2.45, 2.75) is 17.7 Å². The van der Waals surface area contributed by atoms with Crippen molar-refractivity contribution in [3.05, 3.63) is 90.0 Å². The molecule has 2 aromatic carbocycles. The van der Waals surface area contributed by atoms with Gasteiger partial charge in [0.1, 0.15) is 11.6 Å². The van der Waals surface area contributed by atoms with Gasteiger partial charge >= 0.3 is 0 Å². The summed E-state index contributed by atoms with van der Waals surface area (Å²) >= 11 is 0. The van der Waals surface area contributed by atoms with Gasteiger partial charge < -0.3 is 4.74 Å². The van der Waals surface area contributed by atoms with Crippen molar-refractivity contribution in [3.63, 3.8) is 0 Å². The SMILES string of the molecule is O=S(=O)(CCCOc1ccc(Cc2cccnc2)cc1)c1ccc(F)cc1. The number of aromatic nitrogens is 1. The lowest BCUT2D eigenvalue weighted by Gasteiger charge is -2.08. The van der Waals surface area contributed by atoms with Gasteiger partial charge in [-0.2, -0.15) is 0 Å². The lowest BCUT2D eigenvalue weighted by Crippen LogP contribution is -2.10. The molecule has 1 aromatic heterocycles. The number of benzene rings is 2. The average Bonchev–Trinajstić information content (AvgIpc) is 2.68. The molecule has 0 N–H and O–H groups in total. The van der Waals surface area contributed by atoms with Crippen LogP contribution in [-0.4, -0.2) is 25.8 Å². The van der Waals surface area contributed by atoms with Crippen molar-refractivity contribution in [1.82, 2.24) is 4.98 Å². The van der Waals surface area contributed by atoms with E-state index < -0.39 is 15.7 Å². The van der Waals surface area contributed by atoms with Crippen LogP contribution in [0, 0.1) is 5.82 Å². The number of nitrogens with zero attached hydrogens (tertiary/aromatic N) is 1. The number of halogens is 1. The first-order chi connectivity index (χ1) is 13.0. The Bertz CT molecular complexity index is 957. The van der Waals surface area contributed by atoms with E-state index in [0.29, 0.717) is 18.8 Å². The summed E-state index contributed by atoms with van der Waals surface area (Å²) < 4.78 is 42.9. The van der Waals surface area contributed by atoms with Gasteiger partial charge in [-0.1, -0.05) is 18.2 Å². The predicted molar refractivity (Wildman–Crippen MR) is 102 cm³/mol. The minimum Gasteiger partial charge on any atom is -0.494 e. The maximum Gasteiger partial charge on any atom is 0.178 e. The van der Waals surface area contributed by atoms with Gasteiger partial charge in [0.05, 0.1) is 17.3 Å². The second-order valence-corrected chi connectivity index (χ2v) is 8.27. The molecule has 0 saturated heterocycles. The van der Waals surface area contributed by atoms with Gasteiger partial charge in [0, 0.05) is 12.4 Å². The Morgan fingerprint density at radius 2 is 1.67 bits per heavy atom. The summed E-state index contributed by atoms with van der Waals surface area (Å²) in [7, 11) is -3.43. The van der Waals surface area contributed by atoms with E-state index in [9.17, 15) is 12.8 Å². The van der Waals surface area contributed by atoms with E-state index in [1.807, 2.05) is 42.6 Å². The first kappa shape index (κ1) is 19.0. The predicted octanol–water partition coefficient (Wildman–Crippen LogP) is 4.05. The molecule has 0 aliphatic carbocycles. The summed E-state index contributed by atoms with van der Waals surface area (Å²) in [6.07, 6.45) is 4.74. The third-order valence-corrected chi connectivity index (χ3v) is 5.87. The number of hydrogen-bond acceptors (Lipinski definition) is 4. The zero-order valence-corrected chi connectivity index (χ0v) is 15.5. The largest absolute Gasteiger partial charge is 0.494 e. The van der Waals surface area contributed by atoms with Gasteiger partial charge in [-0.25, -0.2) is 12.8 Å². The molecular weight excluding hydrogens is 365 g/mol. The first-order valence-electron chi connectivity index (χ1n) is 8.62. The highest BCUT2D eigenvalue weighted by Gasteiger charge is 2.14. The first-order valence-corrected chi connectivity index (χ1v) is 10.3. The van der Waals surface area contributed by atoms with E-state index in [0.717, 1.165) is 29.7 Å². The van der Waals surface area contributed by atoms with Crippen molar-refractivity contribution in [1.29, 1.82) is 0 Å². The van der Waals surface area contributed by atoms with Crippen LogP contribution in [0.2, 0.25) is 0 Å². The Morgan fingerprint density at radius 3 is 2.33 bits per heavy atom. The molecule has 0 fully saturated rings. The molecule has 3 aromatic rings. The second-order valence-electron chi connectivity index (χ2n) is 6.16. The fourth-order valence-electron chi connectivity index (χ4n) is 2.64. The molecule has 4 nitrogen and oxygen atoms in total. The maximum absolute atomic E-state index is 12.9. The van der Waals surface area contributed by atoms with Crippen molar-refractivity contribution >= 4 is 9.84 Å². The number of sulfone groups is 1. The fraction of sp³-hybridized carbons (Fsp3) is 0.190. The maximum atomic E-state index is 12.9. The number of pyridine rings is 1. The van der Waals surface area contributed by atoms with Crippen LogP contribution in [0.15, 0.2) is 78.0 Å². The average molecular weight is 385 g/mol. The van der Waals surface area contributed by atoms with Gasteiger partial charge in [-0.3, -0.25) is 4.98 Å². The van der Waals surface area contributed by atoms with Crippen molar-refractivity contribution in [2.75, 3.05) is 12.4 Å². The zero-order chi connectivity index (χ0) is 19.1. The van der Waals surface area contributed by atoms with Crippen LogP contribution in [0.1, 0.15) is 17.5 Å². The summed E-state index contributed by atoms with van der Waals surface area (Å²) in [6, 6.07) is 16.5. The molecule has 1 heterocycles. The second kappa shape index (κ2) is 8.77. The zero-order valence-electron chi connectivity index (χ0n) is 14.7. The van der Waals surface area contributed by atoms with Gasteiger partial charge in [0.2, 0.25) is 0 Å². The van der Waals surface area contributed by atoms with Crippen LogP contribution in [-0.2, 0) is 16.3 Å². The molecule has 27 heavy (non-hydrogen) atoms. The molecule has 0 bridgehead atoms. The summed E-state index contributed by atoms with van der Waals surface area (Å²) in [5.41, 5.74) is 2.28. The van der Waals surface area contributed by atoms with Gasteiger partial charge in [0.25, 0.3) is 0 Å². The third-order valence-electron chi connectivity index (χ3n) is 4.05. The van der Waals surface area contributed by atoms with E-state index >= 15 is 0 Å². The Hall–Kier alpha value is -2.73. The van der Waals surface area contributed by atoms with Crippen LogP contribution in [0.4, 0.5) is 4.39 Å². The molecule has 0 aliphatic heterocycles. The molecule has 0 atom stereocenters. The Balaban J connectivity index is 1.47. The molecule has 3 rings (SSSR count). The standard InChI is InChI=1S/C21H20FNO3S/c22-19-6-10-21(11-7-19)27(24,25)14-2-13-26-20-8-4-17(5-9-20)15-18-3-1-12-23-16-18/h1,3-12,16H,2,13-15H2. The molecule has 0 radical (unpaired) electrons. The molecule has 0 amide bonds. The lowest BCUT2D eigenvalue weighted by molar-refractivity contribution is 0.317. The summed E-state index contributed by atoms with van der Waals surface area (Å²) in [5.74, 6) is 0.200. The fourth-order valence-corrected chi connectivity index (χ4v) is 3.93. The van der Waals surface area contributed by atoms with E-state index in [2.05, 4.69) is 4.98 Å². The number of hydrogen-bond donors (Lipinski definition) is 0. The number of ether oxygens (including phenoxy) is 1. The Labute approximate surface area is 158 Å². The molecule has 140 valence electrons. The van der Waals surface area contributed by atoms with E-state index in [1.54, 1.807) is 6.20 Å². The summed E-state index contributed by atoms with van der Waals surface area (Å²) in [5, 5.41) is 0. The minimum absolute atomic E-state index is 0.0439. The molecule has 0 spiro atoms. The van der Waals surface area contributed by atoms with Crippen LogP contribution < -0.4 is 4.74 Å². The summed E-state index contributed by atoms with van der Waals surface area (Å²) in [4.78, 5) is 4.23. The van der Waals surface area contributed by atoms with Crippen molar-refractivity contribution in [3.8, 4) is 5.75 Å². The highest BCUT2D eigenvalue weighted by atomic mass is 32.2. The van der Waals surface area contributed by atoms with E-state index in [4.69, 9.17) is 4.74 Å². The van der Waals surface area contributed by atoms with Crippen LogP contribution in [0.3, 0.4) is 0 Å². The van der Waals surface area contributed by atoms with Gasteiger partial charge in [-0.15, -0.1) is 0 Å². The molecule has 6 heteroatoms. The molecule has 0 saturated carbocycles. The topological polar surface area (TPSA) is 56.3 Å². The monoisotopic (exact) mass is 385 g/mol. The van der Waals surface area contributed by atoms with Crippen molar-refractivity contribution in [2.24, 2.45) is 0 Å².